The summed E-state index contributed by atoms with van der Waals surface area (Å²) in [5.41, 5.74) is 2.30. The van der Waals surface area contributed by atoms with Crippen LogP contribution in [-0.4, -0.2) is 40.6 Å². The van der Waals surface area contributed by atoms with E-state index in [-0.39, 0.29) is 5.91 Å². The number of hydrogen-bond donors (Lipinski definition) is 0. The number of halogens is 1. The van der Waals surface area contributed by atoms with Crippen molar-refractivity contribution in [2.75, 3.05) is 14.1 Å². The highest BCUT2D eigenvalue weighted by atomic mass is 79.9. The number of fused-ring (bicyclic) bond motifs is 1. The summed E-state index contributed by atoms with van der Waals surface area (Å²) >= 11 is 3.39. The first-order chi connectivity index (χ1) is 8.49. The number of nitrogens with zero attached hydrogens (tertiary/aromatic N) is 4. The Hall–Kier alpha value is -1.69. The van der Waals surface area contributed by atoms with Crippen molar-refractivity contribution < 1.29 is 4.79 Å². The highest BCUT2D eigenvalue weighted by Crippen LogP contribution is 2.18. The van der Waals surface area contributed by atoms with E-state index < -0.39 is 0 Å². The lowest BCUT2D eigenvalue weighted by Crippen LogP contribution is -2.10. The molecule has 0 fully saturated rings. The molecule has 0 aliphatic rings. The van der Waals surface area contributed by atoms with Crippen LogP contribution >= 0.6 is 15.9 Å². The van der Waals surface area contributed by atoms with Gasteiger partial charge in [-0.05, 0) is 34.5 Å². The third-order valence-electron chi connectivity index (χ3n) is 2.40. The van der Waals surface area contributed by atoms with Crippen LogP contribution in [0, 0.1) is 6.92 Å². The standard InChI is InChI=1S/C12H13BrN4O/c1-8-4-9(12(18)15-7-16(2)3)6-17-10(13)5-14-11(8)17/h4-7H,1-3H3. The summed E-state index contributed by atoms with van der Waals surface area (Å²) in [5, 5.41) is 0. The SMILES string of the molecule is Cc1cc(C(=O)N=CN(C)C)cn2c(Br)cnc12. The zero-order chi connectivity index (χ0) is 13.3. The Bertz CT molecular complexity index is 630. The van der Waals surface area contributed by atoms with Crippen LogP contribution in [0.4, 0.5) is 0 Å². The summed E-state index contributed by atoms with van der Waals surface area (Å²) in [6, 6.07) is 1.80. The van der Waals surface area contributed by atoms with Crippen LogP contribution in [0.15, 0.2) is 28.1 Å². The minimum absolute atomic E-state index is 0.269. The molecule has 0 N–H and O–H groups in total. The van der Waals surface area contributed by atoms with E-state index in [0.717, 1.165) is 15.8 Å². The molecule has 2 aromatic rings. The van der Waals surface area contributed by atoms with Gasteiger partial charge in [0.15, 0.2) is 0 Å². The molecule has 0 unspecified atom stereocenters. The molecule has 0 bridgehead atoms. The van der Waals surface area contributed by atoms with Crippen molar-refractivity contribution in [1.29, 1.82) is 0 Å². The summed E-state index contributed by atoms with van der Waals surface area (Å²) in [6.45, 7) is 1.92. The predicted octanol–water partition coefficient (Wildman–Crippen LogP) is 2.14. The lowest BCUT2D eigenvalue weighted by atomic mass is 10.2. The Morgan fingerprint density at radius 1 is 1.56 bits per heavy atom. The average Bonchev–Trinajstić information content (AvgIpc) is 2.68. The van der Waals surface area contributed by atoms with E-state index in [1.165, 1.54) is 6.34 Å². The van der Waals surface area contributed by atoms with Crippen molar-refractivity contribution in [3.8, 4) is 0 Å². The molecule has 0 spiro atoms. The summed E-state index contributed by atoms with van der Waals surface area (Å²) < 4.78 is 2.64. The Labute approximate surface area is 113 Å². The lowest BCUT2D eigenvalue weighted by molar-refractivity contribution is 0.100. The maximum absolute atomic E-state index is 11.9. The van der Waals surface area contributed by atoms with Gasteiger partial charge in [0.1, 0.15) is 10.3 Å². The molecule has 0 aliphatic heterocycles. The summed E-state index contributed by atoms with van der Waals surface area (Å²) in [6.07, 6.45) is 4.93. The molecule has 0 aliphatic carbocycles. The Morgan fingerprint density at radius 3 is 2.94 bits per heavy atom. The number of carbonyl (C=O) groups excluding carboxylic acids is 1. The molecular formula is C12H13BrN4O. The van der Waals surface area contributed by atoms with Gasteiger partial charge in [0.05, 0.1) is 18.1 Å². The zero-order valence-electron chi connectivity index (χ0n) is 10.4. The van der Waals surface area contributed by atoms with Crippen LogP contribution in [0.3, 0.4) is 0 Å². The predicted molar refractivity (Wildman–Crippen MR) is 74.1 cm³/mol. The van der Waals surface area contributed by atoms with E-state index in [9.17, 15) is 4.79 Å². The number of aryl methyl sites for hydroxylation is 1. The van der Waals surface area contributed by atoms with Crippen molar-refractivity contribution in [3.63, 3.8) is 0 Å². The number of aromatic nitrogens is 2. The van der Waals surface area contributed by atoms with Gasteiger partial charge in [0.25, 0.3) is 5.91 Å². The second-order valence-corrected chi connectivity index (χ2v) is 5.01. The van der Waals surface area contributed by atoms with E-state index in [4.69, 9.17) is 0 Å². The van der Waals surface area contributed by atoms with E-state index >= 15 is 0 Å². The third-order valence-corrected chi connectivity index (χ3v) is 2.98. The molecule has 0 aromatic carbocycles. The monoisotopic (exact) mass is 308 g/mol. The summed E-state index contributed by atoms with van der Waals surface area (Å²) in [7, 11) is 3.63. The van der Waals surface area contributed by atoms with Crippen LogP contribution in [0.1, 0.15) is 15.9 Å². The molecule has 0 atom stereocenters. The number of imidazole rings is 1. The molecule has 6 heteroatoms. The number of pyridine rings is 1. The maximum atomic E-state index is 11.9. The van der Waals surface area contributed by atoms with Crippen LogP contribution in [-0.2, 0) is 0 Å². The highest BCUT2D eigenvalue weighted by Gasteiger charge is 2.10. The molecule has 5 nitrogen and oxygen atoms in total. The third kappa shape index (κ3) is 2.43. The molecule has 2 aromatic heterocycles. The van der Waals surface area contributed by atoms with E-state index in [2.05, 4.69) is 25.9 Å². The fourth-order valence-electron chi connectivity index (χ4n) is 1.59. The fourth-order valence-corrected chi connectivity index (χ4v) is 1.96. The van der Waals surface area contributed by atoms with Crippen LogP contribution in [0.2, 0.25) is 0 Å². The largest absolute Gasteiger partial charge is 0.369 e. The van der Waals surface area contributed by atoms with Crippen LogP contribution in [0.5, 0.6) is 0 Å². The lowest BCUT2D eigenvalue weighted by Gasteiger charge is -2.04. The molecule has 0 radical (unpaired) electrons. The van der Waals surface area contributed by atoms with Gasteiger partial charge in [-0.25, -0.2) is 4.98 Å². The van der Waals surface area contributed by atoms with Gasteiger partial charge in [-0.1, -0.05) is 0 Å². The van der Waals surface area contributed by atoms with Gasteiger partial charge in [-0.15, -0.1) is 0 Å². The number of hydrogen-bond acceptors (Lipinski definition) is 2. The molecule has 2 heterocycles. The van der Waals surface area contributed by atoms with Gasteiger partial charge in [-0.3, -0.25) is 9.20 Å². The first kappa shape index (κ1) is 12.8. The van der Waals surface area contributed by atoms with Crippen molar-refractivity contribution in [2.24, 2.45) is 4.99 Å². The number of carbonyl (C=O) groups is 1. The highest BCUT2D eigenvalue weighted by molar-refractivity contribution is 9.10. The molecule has 94 valence electrons. The van der Waals surface area contributed by atoms with Gasteiger partial charge in [-0.2, -0.15) is 4.99 Å². The molecule has 2 rings (SSSR count). The maximum Gasteiger partial charge on any atom is 0.279 e. The first-order valence-corrected chi connectivity index (χ1v) is 6.16. The Kier molecular flexibility index (Phi) is 3.47. The van der Waals surface area contributed by atoms with Crippen molar-refractivity contribution >= 4 is 33.8 Å². The molecule has 18 heavy (non-hydrogen) atoms. The van der Waals surface area contributed by atoms with Gasteiger partial charge in [0.2, 0.25) is 0 Å². The van der Waals surface area contributed by atoms with E-state index in [1.807, 2.05) is 25.4 Å². The number of amides is 1. The van der Waals surface area contributed by atoms with E-state index in [0.29, 0.717) is 5.56 Å². The summed E-state index contributed by atoms with van der Waals surface area (Å²) in [5.74, 6) is -0.269. The van der Waals surface area contributed by atoms with E-state index in [1.54, 1.807) is 23.4 Å². The molecule has 1 amide bonds. The topological polar surface area (TPSA) is 50.0 Å². The fraction of sp³-hybridized carbons (Fsp3) is 0.250. The second-order valence-electron chi connectivity index (χ2n) is 4.20. The quantitative estimate of drug-likeness (QED) is 0.631. The van der Waals surface area contributed by atoms with Crippen LogP contribution < -0.4 is 0 Å². The molecule has 0 saturated heterocycles. The first-order valence-electron chi connectivity index (χ1n) is 5.37. The molecular weight excluding hydrogens is 296 g/mol. The zero-order valence-corrected chi connectivity index (χ0v) is 12.0. The van der Waals surface area contributed by atoms with Gasteiger partial charge >= 0.3 is 0 Å². The van der Waals surface area contributed by atoms with Gasteiger partial charge in [0, 0.05) is 20.3 Å². The number of aliphatic imine (C=N–C) groups is 1. The van der Waals surface area contributed by atoms with Crippen molar-refractivity contribution in [2.45, 2.75) is 6.92 Å². The van der Waals surface area contributed by atoms with Crippen molar-refractivity contribution in [3.05, 3.63) is 34.2 Å². The Morgan fingerprint density at radius 2 is 2.28 bits per heavy atom. The summed E-state index contributed by atoms with van der Waals surface area (Å²) in [4.78, 5) is 21.7. The normalized spacial score (nSPS) is 11.3. The molecule has 0 saturated carbocycles. The smallest absolute Gasteiger partial charge is 0.279 e. The minimum Gasteiger partial charge on any atom is -0.369 e. The second kappa shape index (κ2) is 4.89. The number of rotatable bonds is 2. The van der Waals surface area contributed by atoms with Crippen molar-refractivity contribution in [1.82, 2.24) is 14.3 Å². The minimum atomic E-state index is -0.269. The average molecular weight is 309 g/mol. The van der Waals surface area contributed by atoms with Crippen LogP contribution in [0.25, 0.3) is 5.65 Å². The van der Waals surface area contributed by atoms with Gasteiger partial charge < -0.3 is 4.90 Å². The Balaban J connectivity index is 2.46.